The van der Waals surface area contributed by atoms with E-state index >= 15 is 0 Å². The van der Waals surface area contributed by atoms with Crippen LogP contribution in [0.3, 0.4) is 0 Å². The molecule has 0 aromatic carbocycles. The second-order valence-electron chi connectivity index (χ2n) is 9.48. The lowest BCUT2D eigenvalue weighted by Gasteiger charge is -2.20. The average molecular weight is 664 g/mol. The number of fused-ring (bicyclic) bond motifs is 1. The fraction of sp³-hybridized carbons (Fsp3) is 0.500. The van der Waals surface area contributed by atoms with Gasteiger partial charge in [-0.3, -0.25) is 18.4 Å². The van der Waals surface area contributed by atoms with Crippen molar-refractivity contribution < 1.29 is 67.0 Å². The molecular formula is C20H26N8O14P2. The molecule has 2 aliphatic heterocycles. The van der Waals surface area contributed by atoms with Crippen molar-refractivity contribution in [2.75, 3.05) is 18.9 Å². The average Bonchev–Trinajstić information content (AvgIpc) is 3.61. The summed E-state index contributed by atoms with van der Waals surface area (Å²) in [5, 5.41) is 41.5. The molecule has 10 atom stereocenters. The number of anilines is 1. The highest BCUT2D eigenvalue weighted by molar-refractivity contribution is 7.61. The van der Waals surface area contributed by atoms with Gasteiger partial charge in [-0.1, -0.05) is 0 Å². The highest BCUT2D eigenvalue weighted by atomic mass is 31.3. The molecule has 240 valence electrons. The lowest BCUT2D eigenvalue weighted by atomic mass is 10.1. The summed E-state index contributed by atoms with van der Waals surface area (Å²) < 4.78 is 50.6. The molecule has 0 spiro atoms. The van der Waals surface area contributed by atoms with E-state index in [2.05, 4.69) is 33.8 Å². The number of ether oxygens (including phenoxy) is 2. The number of phosphoric acid groups is 2. The molecule has 3 aromatic rings. The lowest BCUT2D eigenvalue weighted by Crippen LogP contribution is -2.33. The zero-order chi connectivity index (χ0) is 32.0. The van der Waals surface area contributed by atoms with Gasteiger partial charge in [-0.25, -0.2) is 34.0 Å². The maximum absolute atomic E-state index is 12.4. The normalized spacial score (nSPS) is 31.6. The zero-order valence-corrected chi connectivity index (χ0v) is 23.8. The third-order valence-electron chi connectivity index (χ3n) is 6.55. The Labute approximate surface area is 245 Å². The van der Waals surface area contributed by atoms with E-state index in [1.807, 2.05) is 0 Å². The van der Waals surface area contributed by atoms with Gasteiger partial charge in [0.1, 0.15) is 60.3 Å². The Kier molecular flexibility index (Phi) is 9.08. The van der Waals surface area contributed by atoms with Gasteiger partial charge in [0, 0.05) is 6.20 Å². The highest BCUT2D eigenvalue weighted by Crippen LogP contribution is 2.60. The van der Waals surface area contributed by atoms with E-state index in [1.165, 1.54) is 17.0 Å². The van der Waals surface area contributed by atoms with Crippen LogP contribution in [0.15, 0.2) is 24.9 Å². The predicted molar refractivity (Wildman–Crippen MR) is 138 cm³/mol. The van der Waals surface area contributed by atoms with Gasteiger partial charge in [0.25, 0.3) is 5.91 Å². The Morgan fingerprint density at radius 1 is 0.932 bits per heavy atom. The first-order chi connectivity index (χ1) is 20.7. The van der Waals surface area contributed by atoms with Crippen LogP contribution in [0.5, 0.6) is 0 Å². The molecule has 22 nitrogen and oxygen atoms in total. The SMILES string of the molecule is NC(=O)c1ccnc([C@H]2O[C@@H](COP(=O)(O)OP(=O)(O)OC[C@H]3O[C@@H](n4cnc5c(N)ncnc54)[C@H](O)[C@@H]3O)[C@H](O)[C@@H]2O)n1. The number of nitrogens with zero attached hydrogens (tertiary/aromatic N) is 6. The zero-order valence-electron chi connectivity index (χ0n) is 22.0. The number of aromatic nitrogens is 6. The number of amides is 1. The molecule has 0 saturated carbocycles. The largest absolute Gasteiger partial charge is 0.481 e. The second kappa shape index (κ2) is 12.4. The predicted octanol–water partition coefficient (Wildman–Crippen LogP) is -2.97. The summed E-state index contributed by atoms with van der Waals surface area (Å²) in [4.78, 5) is 50.9. The summed E-state index contributed by atoms with van der Waals surface area (Å²) in [6, 6.07) is 1.20. The molecule has 5 heterocycles. The third-order valence-corrected chi connectivity index (χ3v) is 9.15. The van der Waals surface area contributed by atoms with Crippen LogP contribution in [0.2, 0.25) is 0 Å². The molecule has 2 aliphatic rings. The summed E-state index contributed by atoms with van der Waals surface area (Å²) in [7, 11) is -10.8. The van der Waals surface area contributed by atoms with Crippen LogP contribution in [-0.2, 0) is 32.0 Å². The van der Waals surface area contributed by atoms with Gasteiger partial charge in [0.15, 0.2) is 23.5 Å². The number of phosphoric ester groups is 2. The molecule has 0 aliphatic carbocycles. The third kappa shape index (κ3) is 6.62. The van der Waals surface area contributed by atoms with Crippen molar-refractivity contribution in [3.8, 4) is 0 Å². The number of carbonyl (C=O) groups excluding carboxylic acids is 1. The number of imidazole rings is 1. The first-order valence-corrected chi connectivity index (χ1v) is 15.4. The quantitative estimate of drug-likeness (QED) is 0.0948. The van der Waals surface area contributed by atoms with Crippen LogP contribution in [0.4, 0.5) is 5.82 Å². The first-order valence-electron chi connectivity index (χ1n) is 12.4. The van der Waals surface area contributed by atoms with E-state index in [9.17, 15) is 44.1 Å². The maximum atomic E-state index is 12.4. The van der Waals surface area contributed by atoms with E-state index < -0.39 is 83.7 Å². The van der Waals surface area contributed by atoms with E-state index in [-0.39, 0.29) is 28.5 Å². The number of carbonyl (C=O) groups is 1. The van der Waals surface area contributed by atoms with Crippen molar-refractivity contribution in [1.29, 1.82) is 0 Å². The molecule has 2 fully saturated rings. The Morgan fingerprint density at radius 2 is 1.57 bits per heavy atom. The molecule has 1 amide bonds. The molecule has 24 heteroatoms. The van der Waals surface area contributed by atoms with Gasteiger partial charge in [0.2, 0.25) is 0 Å². The van der Waals surface area contributed by atoms with Crippen molar-refractivity contribution in [2.45, 2.75) is 49.0 Å². The fourth-order valence-corrected chi connectivity index (χ4v) is 6.50. The van der Waals surface area contributed by atoms with Crippen LogP contribution in [-0.4, -0.2) is 115 Å². The summed E-state index contributed by atoms with van der Waals surface area (Å²) in [5.41, 5.74) is 11.1. The molecule has 44 heavy (non-hydrogen) atoms. The number of aliphatic hydroxyl groups is 4. The van der Waals surface area contributed by atoms with Crippen molar-refractivity contribution in [3.63, 3.8) is 0 Å². The van der Waals surface area contributed by atoms with Gasteiger partial charge >= 0.3 is 15.6 Å². The minimum atomic E-state index is -5.39. The molecule has 0 bridgehead atoms. The van der Waals surface area contributed by atoms with Crippen LogP contribution >= 0.6 is 15.6 Å². The number of hydrogen-bond acceptors (Lipinski definition) is 18. The van der Waals surface area contributed by atoms with E-state index in [0.717, 1.165) is 12.5 Å². The Morgan fingerprint density at radius 3 is 2.23 bits per heavy atom. The second-order valence-corrected chi connectivity index (χ2v) is 12.5. The van der Waals surface area contributed by atoms with E-state index in [1.54, 1.807) is 0 Å². The number of aliphatic hydroxyl groups excluding tert-OH is 4. The molecule has 0 radical (unpaired) electrons. The van der Waals surface area contributed by atoms with Crippen LogP contribution in [0.25, 0.3) is 11.2 Å². The van der Waals surface area contributed by atoms with Crippen LogP contribution in [0.1, 0.15) is 28.6 Å². The van der Waals surface area contributed by atoms with Crippen LogP contribution < -0.4 is 11.5 Å². The van der Waals surface area contributed by atoms with Crippen molar-refractivity contribution in [1.82, 2.24) is 29.5 Å². The maximum Gasteiger partial charge on any atom is 0.481 e. The number of rotatable bonds is 11. The van der Waals surface area contributed by atoms with Crippen molar-refractivity contribution in [2.24, 2.45) is 5.73 Å². The monoisotopic (exact) mass is 664 g/mol. The fourth-order valence-electron chi connectivity index (χ4n) is 4.41. The summed E-state index contributed by atoms with van der Waals surface area (Å²) in [6.45, 7) is -1.85. The molecule has 3 aromatic heterocycles. The Bertz CT molecular complexity index is 1630. The number of nitrogen functional groups attached to an aromatic ring is 1. The molecule has 5 rings (SSSR count). The number of nitrogens with two attached hydrogens (primary N) is 2. The summed E-state index contributed by atoms with van der Waals surface area (Å²) >= 11 is 0. The minimum absolute atomic E-state index is 0.0460. The molecular weight excluding hydrogens is 638 g/mol. The smallest absolute Gasteiger partial charge is 0.387 e. The lowest BCUT2D eigenvalue weighted by molar-refractivity contribution is -0.0507. The van der Waals surface area contributed by atoms with Gasteiger partial charge in [-0.15, -0.1) is 0 Å². The van der Waals surface area contributed by atoms with Crippen molar-refractivity contribution in [3.05, 3.63) is 36.4 Å². The van der Waals surface area contributed by atoms with Gasteiger partial charge < -0.3 is 51.2 Å². The highest BCUT2D eigenvalue weighted by Gasteiger charge is 2.48. The summed E-state index contributed by atoms with van der Waals surface area (Å²) in [6.07, 6.45) is -8.73. The minimum Gasteiger partial charge on any atom is -0.387 e. The van der Waals surface area contributed by atoms with E-state index in [0.29, 0.717) is 0 Å². The van der Waals surface area contributed by atoms with Gasteiger partial charge in [-0.2, -0.15) is 4.31 Å². The van der Waals surface area contributed by atoms with Gasteiger partial charge in [-0.05, 0) is 6.07 Å². The standard InChI is InChI=1S/C20H26N8O14P2/c21-16-10-19(25-5-24-16)28(6-26-10)20-14(32)12(30)9(41-20)4-39-44(36,37)42-43(34,35)38-3-8-11(29)13(31)15(40-8)18-23-2-1-7(27-18)17(22)33/h1-2,5-6,8-9,11-15,20,29-32H,3-4H2,(H2,22,33)(H,34,35)(H,36,37)(H2,21,24,25)/t8-,9+,11-,12+,13-,14+,15-,20+/m0/s1. The van der Waals surface area contributed by atoms with Crippen molar-refractivity contribution >= 4 is 38.5 Å². The Hall–Kier alpha value is -3.08. The molecule has 2 saturated heterocycles. The first kappa shape index (κ1) is 32.3. The number of hydrogen-bond donors (Lipinski definition) is 8. The van der Waals surface area contributed by atoms with Crippen LogP contribution in [0, 0.1) is 0 Å². The molecule has 10 N–H and O–H groups in total. The topological polar surface area (TPSA) is 340 Å². The van der Waals surface area contributed by atoms with Gasteiger partial charge in [0.05, 0.1) is 19.5 Å². The Balaban J connectivity index is 1.16. The summed E-state index contributed by atoms with van der Waals surface area (Å²) in [5.74, 6) is -1.08. The number of primary amides is 1. The van der Waals surface area contributed by atoms with E-state index in [4.69, 9.17) is 25.5 Å². The molecule has 2 unspecified atom stereocenters.